The number of morpholine rings is 1. The van der Waals surface area contributed by atoms with E-state index in [2.05, 4.69) is 34.2 Å². The maximum atomic E-state index is 5.57. The Balaban J connectivity index is 0.00000320. The van der Waals surface area contributed by atoms with Gasteiger partial charge in [-0.05, 0) is 31.0 Å². The van der Waals surface area contributed by atoms with E-state index in [-0.39, 0.29) is 30.0 Å². The van der Waals surface area contributed by atoms with Crippen LogP contribution in [0.4, 0.5) is 0 Å². The lowest BCUT2D eigenvalue weighted by Gasteiger charge is -2.34. The first kappa shape index (κ1) is 25.2. The molecule has 2 aliphatic rings. The second kappa shape index (κ2) is 13.3. The van der Waals surface area contributed by atoms with Gasteiger partial charge in [0.15, 0.2) is 5.96 Å². The summed E-state index contributed by atoms with van der Waals surface area (Å²) in [5.74, 6) is 2.48. The summed E-state index contributed by atoms with van der Waals surface area (Å²) >= 11 is 0. The minimum Gasteiger partial charge on any atom is -0.497 e. The predicted octanol–water partition coefficient (Wildman–Crippen LogP) is 2.62. The van der Waals surface area contributed by atoms with Gasteiger partial charge in [-0.15, -0.1) is 24.0 Å². The zero-order chi connectivity index (χ0) is 20.5. The summed E-state index contributed by atoms with van der Waals surface area (Å²) in [5.41, 5.74) is 1.27. The summed E-state index contributed by atoms with van der Waals surface area (Å²) in [4.78, 5) is 9.92. The molecule has 1 aromatic rings. The zero-order valence-electron chi connectivity index (χ0n) is 18.5. The molecule has 1 aromatic carbocycles. The number of nitrogens with zero attached hydrogens (tertiary/aromatic N) is 3. The molecule has 2 aliphatic heterocycles. The van der Waals surface area contributed by atoms with Crippen LogP contribution in [0.2, 0.25) is 0 Å². The lowest BCUT2D eigenvalue weighted by atomic mass is 10.0. The highest BCUT2D eigenvalue weighted by Gasteiger charge is 2.26. The second-order valence-corrected chi connectivity index (χ2v) is 7.69. The van der Waals surface area contributed by atoms with Crippen molar-refractivity contribution >= 4 is 29.9 Å². The van der Waals surface area contributed by atoms with Crippen molar-refractivity contribution < 1.29 is 14.2 Å². The van der Waals surface area contributed by atoms with Crippen molar-refractivity contribution in [3.05, 3.63) is 29.8 Å². The van der Waals surface area contributed by atoms with Crippen molar-refractivity contribution in [1.82, 2.24) is 15.1 Å². The average Bonchev–Trinajstić information content (AvgIpc) is 3.23. The monoisotopic (exact) mass is 532 g/mol. The smallest absolute Gasteiger partial charge is 0.193 e. The molecule has 2 unspecified atom stereocenters. The molecule has 0 saturated carbocycles. The standard InChI is InChI=1S/C22H36N4O3.HI/c1-4-23-22(26-10-9-18(16-26)17-27-2)24-15-21(25-11-13-29-14-12-25)19-5-7-20(28-3)8-6-19;/h5-8,18,21H,4,9-17H2,1-3H3,(H,23,24);1H. The van der Waals surface area contributed by atoms with Gasteiger partial charge in [-0.3, -0.25) is 9.89 Å². The van der Waals surface area contributed by atoms with Crippen LogP contribution in [-0.4, -0.2) is 89.1 Å². The molecule has 0 spiro atoms. The molecule has 30 heavy (non-hydrogen) atoms. The third-order valence-electron chi connectivity index (χ3n) is 5.72. The number of hydrogen-bond acceptors (Lipinski definition) is 5. The third-order valence-corrected chi connectivity index (χ3v) is 5.72. The van der Waals surface area contributed by atoms with E-state index in [1.165, 1.54) is 5.56 Å². The Morgan fingerprint density at radius 3 is 2.57 bits per heavy atom. The molecular formula is C22H37IN4O3. The Morgan fingerprint density at radius 1 is 1.20 bits per heavy atom. The number of guanidine groups is 1. The summed E-state index contributed by atoms with van der Waals surface area (Å²) in [6.45, 7) is 10.00. The first-order valence-corrected chi connectivity index (χ1v) is 10.7. The third kappa shape index (κ3) is 6.96. The van der Waals surface area contributed by atoms with Crippen molar-refractivity contribution in [2.75, 3.05) is 73.3 Å². The van der Waals surface area contributed by atoms with Gasteiger partial charge in [0.2, 0.25) is 0 Å². The normalized spacial score (nSPS) is 21.2. The van der Waals surface area contributed by atoms with Gasteiger partial charge in [-0.25, -0.2) is 0 Å². The van der Waals surface area contributed by atoms with Gasteiger partial charge in [-0.2, -0.15) is 0 Å². The number of nitrogens with one attached hydrogen (secondary N) is 1. The largest absolute Gasteiger partial charge is 0.497 e. The lowest BCUT2D eigenvalue weighted by molar-refractivity contribution is 0.0179. The van der Waals surface area contributed by atoms with Crippen LogP contribution >= 0.6 is 24.0 Å². The molecular weight excluding hydrogens is 495 g/mol. The van der Waals surface area contributed by atoms with Gasteiger partial charge in [0.25, 0.3) is 0 Å². The van der Waals surface area contributed by atoms with Crippen LogP contribution in [0.1, 0.15) is 24.9 Å². The van der Waals surface area contributed by atoms with Crippen molar-refractivity contribution in [3.8, 4) is 5.75 Å². The Hall–Kier alpha value is -1.10. The quantitative estimate of drug-likeness (QED) is 0.316. The molecule has 0 aromatic heterocycles. The summed E-state index contributed by atoms with van der Waals surface area (Å²) in [6, 6.07) is 8.62. The van der Waals surface area contributed by atoms with Gasteiger partial charge in [-0.1, -0.05) is 12.1 Å². The number of benzene rings is 1. The summed E-state index contributed by atoms with van der Waals surface area (Å²) in [5, 5.41) is 3.49. The van der Waals surface area contributed by atoms with E-state index in [1.54, 1.807) is 14.2 Å². The SMILES string of the molecule is CCNC(=NCC(c1ccc(OC)cc1)N1CCOCC1)N1CCC(COC)C1.I. The number of rotatable bonds is 8. The molecule has 8 heteroatoms. The second-order valence-electron chi connectivity index (χ2n) is 7.69. The molecule has 3 rings (SSSR count). The fourth-order valence-electron chi connectivity index (χ4n) is 4.14. The number of methoxy groups -OCH3 is 2. The summed E-state index contributed by atoms with van der Waals surface area (Å²) in [6.07, 6.45) is 1.16. The van der Waals surface area contributed by atoms with Crippen LogP contribution in [0.15, 0.2) is 29.3 Å². The molecule has 0 aliphatic carbocycles. The van der Waals surface area contributed by atoms with Gasteiger partial charge >= 0.3 is 0 Å². The topological polar surface area (TPSA) is 58.6 Å². The number of aliphatic imine (C=N–C) groups is 1. The molecule has 2 fully saturated rings. The Morgan fingerprint density at radius 2 is 1.93 bits per heavy atom. The van der Waals surface area contributed by atoms with E-state index in [4.69, 9.17) is 19.2 Å². The molecule has 2 atom stereocenters. The molecule has 7 nitrogen and oxygen atoms in total. The van der Waals surface area contributed by atoms with Crippen LogP contribution in [0.3, 0.4) is 0 Å². The van der Waals surface area contributed by atoms with Crippen molar-refractivity contribution in [1.29, 1.82) is 0 Å². The molecule has 2 saturated heterocycles. The van der Waals surface area contributed by atoms with Crippen LogP contribution in [0, 0.1) is 5.92 Å². The van der Waals surface area contributed by atoms with Gasteiger partial charge in [0.05, 0.1) is 39.5 Å². The Labute approximate surface area is 198 Å². The fourth-order valence-corrected chi connectivity index (χ4v) is 4.14. The average molecular weight is 532 g/mol. The minimum atomic E-state index is 0. The molecule has 0 bridgehead atoms. The van der Waals surface area contributed by atoms with E-state index < -0.39 is 0 Å². The van der Waals surface area contributed by atoms with Crippen molar-refractivity contribution in [3.63, 3.8) is 0 Å². The molecule has 0 radical (unpaired) electrons. The zero-order valence-corrected chi connectivity index (χ0v) is 20.8. The highest BCUT2D eigenvalue weighted by atomic mass is 127. The number of hydrogen-bond donors (Lipinski definition) is 1. The number of likely N-dealkylation sites (tertiary alicyclic amines) is 1. The molecule has 170 valence electrons. The van der Waals surface area contributed by atoms with Crippen LogP contribution in [0.25, 0.3) is 0 Å². The van der Waals surface area contributed by atoms with Crippen LogP contribution in [0.5, 0.6) is 5.75 Å². The van der Waals surface area contributed by atoms with E-state index in [0.29, 0.717) is 5.92 Å². The maximum absolute atomic E-state index is 5.57. The molecule has 0 amide bonds. The first-order valence-electron chi connectivity index (χ1n) is 10.7. The van der Waals surface area contributed by atoms with E-state index >= 15 is 0 Å². The van der Waals surface area contributed by atoms with E-state index in [0.717, 1.165) is 77.2 Å². The number of ether oxygens (including phenoxy) is 3. The summed E-state index contributed by atoms with van der Waals surface area (Å²) < 4.78 is 16.3. The van der Waals surface area contributed by atoms with E-state index in [9.17, 15) is 0 Å². The van der Waals surface area contributed by atoms with Crippen molar-refractivity contribution in [2.24, 2.45) is 10.9 Å². The first-order chi connectivity index (χ1) is 14.2. The van der Waals surface area contributed by atoms with Gasteiger partial charge in [0, 0.05) is 45.8 Å². The predicted molar refractivity (Wildman–Crippen MR) is 131 cm³/mol. The lowest BCUT2D eigenvalue weighted by Crippen LogP contribution is -2.43. The van der Waals surface area contributed by atoms with Crippen LogP contribution in [-0.2, 0) is 9.47 Å². The number of halogens is 1. The highest BCUT2D eigenvalue weighted by Crippen LogP contribution is 2.25. The summed E-state index contributed by atoms with van der Waals surface area (Å²) in [7, 11) is 3.48. The highest BCUT2D eigenvalue weighted by molar-refractivity contribution is 14.0. The molecule has 1 N–H and O–H groups in total. The Kier molecular flexibility index (Phi) is 11.2. The van der Waals surface area contributed by atoms with E-state index in [1.807, 2.05) is 12.1 Å². The van der Waals surface area contributed by atoms with Gasteiger partial charge in [0.1, 0.15) is 5.75 Å². The Bertz CT molecular complexity index is 638. The minimum absolute atomic E-state index is 0. The molecule has 2 heterocycles. The fraction of sp³-hybridized carbons (Fsp3) is 0.682. The van der Waals surface area contributed by atoms with Crippen LogP contribution < -0.4 is 10.1 Å². The van der Waals surface area contributed by atoms with Crippen molar-refractivity contribution in [2.45, 2.75) is 19.4 Å². The maximum Gasteiger partial charge on any atom is 0.193 e. The van der Waals surface area contributed by atoms with Gasteiger partial charge < -0.3 is 24.4 Å².